The molecule has 0 spiro atoms. The van der Waals surface area contributed by atoms with Crippen LogP contribution in [0.3, 0.4) is 0 Å². The number of benzene rings is 1. The quantitative estimate of drug-likeness (QED) is 0.922. The Bertz CT molecular complexity index is 499. The molecule has 1 aromatic rings. The predicted octanol–water partition coefficient (Wildman–Crippen LogP) is 1.93. The van der Waals surface area contributed by atoms with Crippen LogP contribution >= 0.6 is 0 Å². The number of piperidine rings is 1. The lowest BCUT2D eigenvalue weighted by atomic mass is 9.81. The third kappa shape index (κ3) is 4.33. The number of carbonyl (C=O) groups excluding carboxylic acids is 1. The summed E-state index contributed by atoms with van der Waals surface area (Å²) in [6.45, 7) is 9.08. The highest BCUT2D eigenvalue weighted by atomic mass is 16.2. The molecule has 1 aromatic carbocycles. The maximum atomic E-state index is 12.3. The van der Waals surface area contributed by atoms with Crippen molar-refractivity contribution in [3.63, 3.8) is 0 Å². The lowest BCUT2D eigenvalue weighted by Crippen LogP contribution is -2.47. The maximum absolute atomic E-state index is 12.3. The van der Waals surface area contributed by atoms with Crippen molar-refractivity contribution in [3.8, 4) is 0 Å². The lowest BCUT2D eigenvalue weighted by molar-refractivity contribution is -0.132. The van der Waals surface area contributed by atoms with Crippen LogP contribution in [0, 0.1) is 5.92 Å². The van der Waals surface area contributed by atoms with E-state index in [0.29, 0.717) is 24.2 Å². The highest BCUT2D eigenvalue weighted by Crippen LogP contribution is 2.32. The standard InChI is InChI=1S/C19H29N3O/c1-16-15-21(11-7-18(16)17-5-3-2-4-6-17)12-8-19(23)22-13-9-20-10-14-22/h2-6,16,18,20H,7-15H2,1H3. The molecule has 2 saturated heterocycles. The molecule has 2 atom stereocenters. The summed E-state index contributed by atoms with van der Waals surface area (Å²) in [5, 5.41) is 3.30. The van der Waals surface area contributed by atoms with Gasteiger partial charge < -0.3 is 15.1 Å². The molecule has 0 radical (unpaired) electrons. The Balaban J connectivity index is 1.45. The topological polar surface area (TPSA) is 35.6 Å². The Morgan fingerprint density at radius 2 is 1.91 bits per heavy atom. The van der Waals surface area contributed by atoms with E-state index in [4.69, 9.17) is 0 Å². The molecule has 2 aliphatic heterocycles. The predicted molar refractivity (Wildman–Crippen MR) is 93.5 cm³/mol. The van der Waals surface area contributed by atoms with E-state index in [9.17, 15) is 4.79 Å². The van der Waals surface area contributed by atoms with E-state index >= 15 is 0 Å². The number of nitrogens with one attached hydrogen (secondary N) is 1. The molecular formula is C19H29N3O. The van der Waals surface area contributed by atoms with E-state index < -0.39 is 0 Å². The molecule has 0 bridgehead atoms. The van der Waals surface area contributed by atoms with Crippen molar-refractivity contribution in [2.75, 3.05) is 45.8 Å². The van der Waals surface area contributed by atoms with Crippen LogP contribution in [0.4, 0.5) is 0 Å². The van der Waals surface area contributed by atoms with E-state index in [2.05, 4.69) is 47.5 Å². The van der Waals surface area contributed by atoms with Crippen molar-refractivity contribution in [1.29, 1.82) is 0 Å². The van der Waals surface area contributed by atoms with E-state index in [1.54, 1.807) is 0 Å². The summed E-state index contributed by atoms with van der Waals surface area (Å²) in [5.74, 6) is 1.64. The molecule has 0 saturated carbocycles. The van der Waals surface area contributed by atoms with Crippen LogP contribution in [0.2, 0.25) is 0 Å². The second-order valence-corrected chi connectivity index (χ2v) is 6.96. The Morgan fingerprint density at radius 1 is 1.17 bits per heavy atom. The molecule has 0 aromatic heterocycles. The zero-order chi connectivity index (χ0) is 16.1. The van der Waals surface area contributed by atoms with Crippen LogP contribution in [0.1, 0.15) is 31.2 Å². The zero-order valence-electron chi connectivity index (χ0n) is 14.2. The minimum Gasteiger partial charge on any atom is -0.340 e. The first kappa shape index (κ1) is 16.5. The van der Waals surface area contributed by atoms with Crippen LogP contribution in [0.15, 0.2) is 30.3 Å². The second-order valence-electron chi connectivity index (χ2n) is 6.96. The van der Waals surface area contributed by atoms with Crippen molar-refractivity contribution in [3.05, 3.63) is 35.9 Å². The molecule has 4 nitrogen and oxygen atoms in total. The monoisotopic (exact) mass is 315 g/mol. The molecule has 2 fully saturated rings. The van der Waals surface area contributed by atoms with Crippen molar-refractivity contribution in [2.45, 2.75) is 25.7 Å². The van der Waals surface area contributed by atoms with Gasteiger partial charge in [-0.2, -0.15) is 0 Å². The van der Waals surface area contributed by atoms with Gasteiger partial charge >= 0.3 is 0 Å². The van der Waals surface area contributed by atoms with Gasteiger partial charge in [0, 0.05) is 45.7 Å². The van der Waals surface area contributed by atoms with Crippen molar-refractivity contribution < 1.29 is 4.79 Å². The summed E-state index contributed by atoms with van der Waals surface area (Å²) in [5.41, 5.74) is 1.47. The van der Waals surface area contributed by atoms with Gasteiger partial charge in [-0.15, -0.1) is 0 Å². The first-order chi connectivity index (χ1) is 11.2. The Morgan fingerprint density at radius 3 is 2.61 bits per heavy atom. The third-order valence-electron chi connectivity index (χ3n) is 5.33. The fraction of sp³-hybridized carbons (Fsp3) is 0.632. The number of rotatable bonds is 4. The summed E-state index contributed by atoms with van der Waals surface area (Å²) < 4.78 is 0. The molecule has 4 heteroatoms. The number of hydrogen-bond donors (Lipinski definition) is 1. The number of nitrogens with zero attached hydrogens (tertiary/aromatic N) is 2. The van der Waals surface area contributed by atoms with Gasteiger partial charge in [0.2, 0.25) is 5.91 Å². The van der Waals surface area contributed by atoms with Gasteiger partial charge in [0.05, 0.1) is 0 Å². The van der Waals surface area contributed by atoms with E-state index in [-0.39, 0.29) is 0 Å². The molecule has 1 N–H and O–H groups in total. The van der Waals surface area contributed by atoms with Crippen molar-refractivity contribution in [2.24, 2.45) is 5.92 Å². The van der Waals surface area contributed by atoms with Crippen LogP contribution in [0.25, 0.3) is 0 Å². The number of likely N-dealkylation sites (tertiary alicyclic amines) is 1. The van der Waals surface area contributed by atoms with Gasteiger partial charge in [-0.25, -0.2) is 0 Å². The summed E-state index contributed by atoms with van der Waals surface area (Å²) in [4.78, 5) is 16.8. The van der Waals surface area contributed by atoms with Crippen LogP contribution < -0.4 is 5.32 Å². The van der Waals surface area contributed by atoms with Gasteiger partial charge in [0.25, 0.3) is 0 Å². The molecular weight excluding hydrogens is 286 g/mol. The SMILES string of the molecule is CC1CN(CCC(=O)N2CCNCC2)CCC1c1ccccc1. The fourth-order valence-electron chi connectivity index (χ4n) is 3.96. The minimum absolute atomic E-state index is 0.323. The highest BCUT2D eigenvalue weighted by Gasteiger charge is 2.27. The average Bonchev–Trinajstić information content (AvgIpc) is 2.61. The molecule has 2 heterocycles. The van der Waals surface area contributed by atoms with Gasteiger partial charge in [-0.05, 0) is 30.4 Å². The first-order valence-corrected chi connectivity index (χ1v) is 9.00. The van der Waals surface area contributed by atoms with Gasteiger partial charge in [-0.1, -0.05) is 37.3 Å². The van der Waals surface area contributed by atoms with Crippen LogP contribution in [0.5, 0.6) is 0 Å². The van der Waals surface area contributed by atoms with Gasteiger partial charge in [-0.3, -0.25) is 4.79 Å². The normalized spacial score (nSPS) is 26.2. The number of piperazine rings is 1. The van der Waals surface area contributed by atoms with Crippen LogP contribution in [-0.4, -0.2) is 61.5 Å². The lowest BCUT2D eigenvalue weighted by Gasteiger charge is -2.37. The summed E-state index contributed by atoms with van der Waals surface area (Å²) in [7, 11) is 0. The maximum Gasteiger partial charge on any atom is 0.223 e. The molecule has 1 amide bonds. The molecule has 126 valence electrons. The van der Waals surface area contributed by atoms with Gasteiger partial charge in [0.15, 0.2) is 0 Å². The summed E-state index contributed by atoms with van der Waals surface area (Å²) >= 11 is 0. The first-order valence-electron chi connectivity index (χ1n) is 9.00. The second kappa shape index (κ2) is 7.93. The molecule has 0 aliphatic carbocycles. The van der Waals surface area contributed by atoms with E-state index in [0.717, 1.165) is 45.8 Å². The fourth-order valence-corrected chi connectivity index (χ4v) is 3.96. The zero-order valence-corrected chi connectivity index (χ0v) is 14.2. The molecule has 2 aliphatic rings. The summed E-state index contributed by atoms with van der Waals surface area (Å²) in [6, 6.07) is 10.9. The Kier molecular flexibility index (Phi) is 5.68. The van der Waals surface area contributed by atoms with Crippen LogP contribution in [-0.2, 0) is 4.79 Å². The Hall–Kier alpha value is -1.39. The number of amides is 1. The minimum atomic E-state index is 0.323. The average molecular weight is 315 g/mol. The van der Waals surface area contributed by atoms with E-state index in [1.807, 2.05) is 4.90 Å². The van der Waals surface area contributed by atoms with Crippen molar-refractivity contribution in [1.82, 2.24) is 15.1 Å². The van der Waals surface area contributed by atoms with Crippen molar-refractivity contribution >= 4 is 5.91 Å². The summed E-state index contributed by atoms with van der Waals surface area (Å²) in [6.07, 6.45) is 1.87. The number of hydrogen-bond acceptors (Lipinski definition) is 3. The number of carbonyl (C=O) groups is 1. The third-order valence-corrected chi connectivity index (χ3v) is 5.33. The van der Waals surface area contributed by atoms with Gasteiger partial charge in [0.1, 0.15) is 0 Å². The largest absolute Gasteiger partial charge is 0.340 e. The highest BCUT2D eigenvalue weighted by molar-refractivity contribution is 5.76. The van der Waals surface area contributed by atoms with E-state index in [1.165, 1.54) is 12.0 Å². The molecule has 2 unspecified atom stereocenters. The molecule has 3 rings (SSSR count). The molecule has 23 heavy (non-hydrogen) atoms. The Labute approximate surface area is 139 Å². The smallest absolute Gasteiger partial charge is 0.223 e.